The number of furan rings is 1. The molecule has 0 aliphatic carbocycles. The topological polar surface area (TPSA) is 71.3 Å². The van der Waals surface area contributed by atoms with Crippen LogP contribution in [0.5, 0.6) is 0 Å². The first-order valence-electron chi connectivity index (χ1n) is 7.49. The summed E-state index contributed by atoms with van der Waals surface area (Å²) in [4.78, 5) is 24.0. The molecule has 1 aromatic heterocycles. The van der Waals surface area contributed by atoms with Crippen LogP contribution in [0.2, 0.25) is 0 Å². The number of amides is 2. The van der Waals surface area contributed by atoms with Crippen molar-refractivity contribution in [3.8, 4) is 0 Å². The van der Waals surface area contributed by atoms with Crippen LogP contribution in [0.1, 0.15) is 16.1 Å². The number of nitrogens with one attached hydrogen (secondary N) is 2. The van der Waals surface area contributed by atoms with Gasteiger partial charge in [-0.15, -0.1) is 0 Å². The average Bonchev–Trinajstić information content (AvgIpc) is 3.10. The maximum Gasteiger partial charge on any atom is 0.291 e. The Kier molecular flexibility index (Phi) is 4.72. The highest BCUT2D eigenvalue weighted by Gasteiger charge is 2.09. The zero-order chi connectivity index (χ0) is 16.8. The minimum Gasteiger partial charge on any atom is -0.459 e. The molecule has 5 nitrogen and oxygen atoms in total. The van der Waals surface area contributed by atoms with E-state index in [-0.39, 0.29) is 17.6 Å². The van der Waals surface area contributed by atoms with Crippen molar-refractivity contribution in [1.29, 1.82) is 0 Å². The maximum atomic E-state index is 12.1. The molecule has 2 N–H and O–H groups in total. The second-order valence-electron chi connectivity index (χ2n) is 5.22. The van der Waals surface area contributed by atoms with Crippen LogP contribution in [-0.2, 0) is 11.2 Å². The molecule has 0 unspecified atom stereocenters. The minimum absolute atomic E-state index is 0.115. The first-order valence-corrected chi connectivity index (χ1v) is 7.49. The van der Waals surface area contributed by atoms with E-state index >= 15 is 0 Å². The number of hydrogen-bond acceptors (Lipinski definition) is 3. The summed E-state index contributed by atoms with van der Waals surface area (Å²) in [6, 6.07) is 19.7. The third-order valence-electron chi connectivity index (χ3n) is 3.36. The normalized spacial score (nSPS) is 10.2. The molecule has 3 rings (SSSR count). The van der Waals surface area contributed by atoms with Crippen molar-refractivity contribution >= 4 is 23.2 Å². The molecular formula is C19H16N2O3. The fourth-order valence-electron chi connectivity index (χ4n) is 2.26. The summed E-state index contributed by atoms with van der Waals surface area (Å²) in [5.74, 6) is -0.225. The molecule has 2 amide bonds. The van der Waals surface area contributed by atoms with Crippen molar-refractivity contribution in [2.24, 2.45) is 0 Å². The molecular weight excluding hydrogens is 304 g/mol. The predicted octanol–water partition coefficient (Wildman–Crippen LogP) is 3.71. The van der Waals surface area contributed by atoms with Crippen molar-refractivity contribution in [2.45, 2.75) is 6.42 Å². The first-order chi connectivity index (χ1) is 11.7. The number of rotatable bonds is 5. The van der Waals surface area contributed by atoms with Gasteiger partial charge in [-0.2, -0.15) is 0 Å². The molecule has 0 spiro atoms. The molecule has 120 valence electrons. The van der Waals surface area contributed by atoms with Gasteiger partial charge in [0.15, 0.2) is 5.76 Å². The summed E-state index contributed by atoms with van der Waals surface area (Å²) >= 11 is 0. The van der Waals surface area contributed by atoms with E-state index < -0.39 is 0 Å². The van der Waals surface area contributed by atoms with Gasteiger partial charge in [0.05, 0.1) is 12.7 Å². The Labute approximate surface area is 139 Å². The molecule has 0 aliphatic rings. The lowest BCUT2D eigenvalue weighted by Gasteiger charge is -2.08. The van der Waals surface area contributed by atoms with E-state index in [2.05, 4.69) is 10.6 Å². The van der Waals surface area contributed by atoms with Gasteiger partial charge in [0.1, 0.15) is 0 Å². The van der Waals surface area contributed by atoms with Crippen molar-refractivity contribution in [2.75, 3.05) is 10.6 Å². The van der Waals surface area contributed by atoms with Crippen LogP contribution >= 0.6 is 0 Å². The summed E-state index contributed by atoms with van der Waals surface area (Å²) in [5, 5.41) is 5.55. The average molecular weight is 320 g/mol. The molecule has 1 heterocycles. The highest BCUT2D eigenvalue weighted by Crippen LogP contribution is 2.16. The second-order valence-corrected chi connectivity index (χ2v) is 5.22. The van der Waals surface area contributed by atoms with E-state index in [1.165, 1.54) is 6.26 Å². The van der Waals surface area contributed by atoms with Crippen LogP contribution in [0.25, 0.3) is 0 Å². The summed E-state index contributed by atoms with van der Waals surface area (Å²) in [5.41, 5.74) is 2.14. The summed E-state index contributed by atoms with van der Waals surface area (Å²) in [6.45, 7) is 0. The molecule has 0 atom stereocenters. The predicted molar refractivity (Wildman–Crippen MR) is 91.9 cm³/mol. The number of benzene rings is 2. The lowest BCUT2D eigenvalue weighted by molar-refractivity contribution is -0.115. The van der Waals surface area contributed by atoms with Crippen LogP contribution in [0, 0.1) is 0 Å². The van der Waals surface area contributed by atoms with E-state index in [1.54, 1.807) is 36.4 Å². The van der Waals surface area contributed by atoms with Gasteiger partial charge < -0.3 is 15.1 Å². The van der Waals surface area contributed by atoms with Gasteiger partial charge in [-0.3, -0.25) is 9.59 Å². The quantitative estimate of drug-likeness (QED) is 0.753. The Morgan fingerprint density at radius 2 is 1.58 bits per heavy atom. The SMILES string of the molecule is O=C(Cc1ccccc1)Nc1cccc(NC(=O)c2ccco2)c1. The number of carbonyl (C=O) groups excluding carboxylic acids is 2. The van der Waals surface area contributed by atoms with Crippen LogP contribution in [0.15, 0.2) is 77.4 Å². The lowest BCUT2D eigenvalue weighted by atomic mass is 10.1. The number of hydrogen-bond donors (Lipinski definition) is 2. The lowest BCUT2D eigenvalue weighted by Crippen LogP contribution is -2.15. The number of anilines is 2. The summed E-state index contributed by atoms with van der Waals surface area (Å²) in [6.07, 6.45) is 1.74. The van der Waals surface area contributed by atoms with E-state index in [1.807, 2.05) is 30.3 Å². The minimum atomic E-state index is -0.340. The molecule has 0 radical (unpaired) electrons. The van der Waals surface area contributed by atoms with Crippen molar-refractivity contribution < 1.29 is 14.0 Å². The maximum absolute atomic E-state index is 12.1. The Morgan fingerprint density at radius 1 is 0.833 bits per heavy atom. The molecule has 2 aromatic carbocycles. The van der Waals surface area contributed by atoms with E-state index in [0.717, 1.165) is 5.56 Å². The zero-order valence-electron chi connectivity index (χ0n) is 12.9. The molecule has 3 aromatic rings. The summed E-state index contributed by atoms with van der Waals surface area (Å²) in [7, 11) is 0. The van der Waals surface area contributed by atoms with Gasteiger partial charge in [0, 0.05) is 11.4 Å². The molecule has 0 aliphatic heterocycles. The third-order valence-corrected chi connectivity index (χ3v) is 3.36. The van der Waals surface area contributed by atoms with Crippen molar-refractivity contribution in [1.82, 2.24) is 0 Å². The molecule has 24 heavy (non-hydrogen) atoms. The van der Waals surface area contributed by atoms with E-state index in [4.69, 9.17) is 4.42 Å². The van der Waals surface area contributed by atoms with E-state index in [0.29, 0.717) is 17.8 Å². The molecule has 5 heteroatoms. The van der Waals surface area contributed by atoms with Crippen LogP contribution in [-0.4, -0.2) is 11.8 Å². The first kappa shape index (κ1) is 15.6. The Morgan fingerprint density at radius 3 is 2.29 bits per heavy atom. The highest BCUT2D eigenvalue weighted by molar-refractivity contribution is 6.02. The van der Waals surface area contributed by atoms with Crippen molar-refractivity contribution in [3.05, 3.63) is 84.3 Å². The van der Waals surface area contributed by atoms with Gasteiger partial charge in [-0.25, -0.2) is 0 Å². The van der Waals surface area contributed by atoms with Gasteiger partial charge in [0.2, 0.25) is 5.91 Å². The van der Waals surface area contributed by atoms with Gasteiger partial charge >= 0.3 is 0 Å². The standard InChI is InChI=1S/C19H16N2O3/c22-18(12-14-6-2-1-3-7-14)20-15-8-4-9-16(13-15)21-19(23)17-10-5-11-24-17/h1-11,13H,12H2,(H,20,22)(H,21,23). The van der Waals surface area contributed by atoms with Crippen LogP contribution in [0.3, 0.4) is 0 Å². The zero-order valence-corrected chi connectivity index (χ0v) is 12.9. The Balaban J connectivity index is 1.62. The van der Waals surface area contributed by atoms with Crippen LogP contribution < -0.4 is 10.6 Å². The summed E-state index contributed by atoms with van der Waals surface area (Å²) < 4.78 is 5.05. The third kappa shape index (κ3) is 4.10. The van der Waals surface area contributed by atoms with Gasteiger partial charge in [-0.05, 0) is 35.9 Å². The smallest absolute Gasteiger partial charge is 0.291 e. The van der Waals surface area contributed by atoms with Gasteiger partial charge in [0.25, 0.3) is 5.91 Å². The second kappa shape index (κ2) is 7.28. The molecule has 0 fully saturated rings. The molecule has 0 saturated heterocycles. The van der Waals surface area contributed by atoms with E-state index in [9.17, 15) is 9.59 Å². The largest absolute Gasteiger partial charge is 0.459 e. The number of carbonyl (C=O) groups is 2. The highest BCUT2D eigenvalue weighted by atomic mass is 16.3. The fourth-order valence-corrected chi connectivity index (χ4v) is 2.26. The van der Waals surface area contributed by atoms with Crippen molar-refractivity contribution in [3.63, 3.8) is 0 Å². The monoisotopic (exact) mass is 320 g/mol. The molecule has 0 bridgehead atoms. The van der Waals surface area contributed by atoms with Crippen LogP contribution in [0.4, 0.5) is 11.4 Å². The Bertz CT molecular complexity index is 827. The Hall–Kier alpha value is -3.34. The molecule has 0 saturated carbocycles. The fraction of sp³-hybridized carbons (Fsp3) is 0.0526. The van der Waals surface area contributed by atoms with Gasteiger partial charge in [-0.1, -0.05) is 36.4 Å².